The van der Waals surface area contributed by atoms with Crippen molar-refractivity contribution in [2.45, 2.75) is 6.92 Å². The third-order valence-electron chi connectivity index (χ3n) is 4.37. The first-order chi connectivity index (χ1) is 13.1. The van der Waals surface area contributed by atoms with Crippen LogP contribution in [0.25, 0.3) is 21.9 Å². The summed E-state index contributed by atoms with van der Waals surface area (Å²) in [6.45, 7) is 1.96. The zero-order valence-electron chi connectivity index (χ0n) is 15.1. The van der Waals surface area contributed by atoms with Crippen molar-refractivity contribution in [3.63, 3.8) is 0 Å². The molecule has 0 aliphatic rings. The first-order valence-electron chi connectivity index (χ1n) is 8.32. The van der Waals surface area contributed by atoms with Gasteiger partial charge >= 0.3 is 0 Å². The minimum Gasteiger partial charge on any atom is -0.495 e. The predicted octanol–water partition coefficient (Wildman–Crippen LogP) is 4.62. The summed E-state index contributed by atoms with van der Waals surface area (Å²) in [6.07, 6.45) is 3.03. The normalized spacial score (nSPS) is 11.5. The van der Waals surface area contributed by atoms with Crippen LogP contribution >= 0.6 is 0 Å². The number of nitrogens with zero attached hydrogens (tertiary/aromatic N) is 1. The van der Waals surface area contributed by atoms with Crippen molar-refractivity contribution in [2.75, 3.05) is 14.2 Å². The number of aliphatic imine (C=N–C) groups is 1. The summed E-state index contributed by atoms with van der Waals surface area (Å²) in [5, 5.41) is 0.951. The summed E-state index contributed by atoms with van der Waals surface area (Å²) in [5.74, 6) is 1.04. The molecule has 0 unspecified atom stereocenters. The number of aryl methyl sites for hydroxylation is 1. The third kappa shape index (κ3) is 2.75. The average molecular weight is 363 g/mol. The first kappa shape index (κ1) is 16.9. The zero-order chi connectivity index (χ0) is 19.0. The number of hydrogen-bond acceptors (Lipinski definition) is 6. The van der Waals surface area contributed by atoms with Crippen LogP contribution in [0, 0.1) is 6.92 Å². The van der Waals surface area contributed by atoms with Crippen molar-refractivity contribution in [3.05, 3.63) is 64.2 Å². The van der Waals surface area contributed by atoms with Crippen LogP contribution in [0.2, 0.25) is 0 Å². The monoisotopic (exact) mass is 363 g/mol. The molecule has 0 aliphatic carbocycles. The molecule has 0 amide bonds. The van der Waals surface area contributed by atoms with Crippen LogP contribution < -0.4 is 14.9 Å². The largest absolute Gasteiger partial charge is 0.495 e. The van der Waals surface area contributed by atoms with E-state index in [2.05, 4.69) is 4.99 Å². The lowest BCUT2D eigenvalue weighted by Gasteiger charge is -2.10. The van der Waals surface area contributed by atoms with E-state index < -0.39 is 0 Å². The number of fused-ring (bicyclic) bond motifs is 2. The van der Waals surface area contributed by atoms with Gasteiger partial charge in [-0.2, -0.15) is 0 Å². The Morgan fingerprint density at radius 1 is 1.04 bits per heavy atom. The molecular formula is C21H17NO5. The molecule has 6 nitrogen and oxygen atoms in total. The Hall–Kier alpha value is -3.54. The minimum atomic E-state index is -0.249. The summed E-state index contributed by atoms with van der Waals surface area (Å²) in [5.41, 5.74) is 2.29. The maximum absolute atomic E-state index is 12.8. The summed E-state index contributed by atoms with van der Waals surface area (Å²) in [6, 6.07) is 10.8. The molecule has 0 spiro atoms. The topological polar surface area (TPSA) is 74.2 Å². The highest BCUT2D eigenvalue weighted by Gasteiger charge is 2.22. The zero-order valence-corrected chi connectivity index (χ0v) is 15.1. The highest BCUT2D eigenvalue weighted by molar-refractivity contribution is 6.07. The van der Waals surface area contributed by atoms with Crippen LogP contribution in [0.5, 0.6) is 11.5 Å². The van der Waals surface area contributed by atoms with Gasteiger partial charge in [0.25, 0.3) is 0 Å². The Balaban J connectivity index is 1.97. The maximum atomic E-state index is 12.8. The number of para-hydroxylation sites is 1. The molecule has 0 saturated carbocycles. The van der Waals surface area contributed by atoms with Crippen molar-refractivity contribution < 1.29 is 18.3 Å². The number of rotatable bonds is 4. The van der Waals surface area contributed by atoms with E-state index in [1.54, 1.807) is 6.07 Å². The quantitative estimate of drug-likeness (QED) is 0.495. The number of furan rings is 1. The molecule has 4 aromatic rings. The molecule has 0 saturated heterocycles. The van der Waals surface area contributed by atoms with Gasteiger partial charge in [-0.05, 0) is 24.6 Å². The SMILES string of the molecule is COc1c2occc2c(OC)c2c(=O)cc(C=Nc3ccccc3C)oc12. The van der Waals surface area contributed by atoms with Crippen LogP contribution in [-0.4, -0.2) is 20.4 Å². The summed E-state index contributed by atoms with van der Waals surface area (Å²) < 4.78 is 22.4. The molecule has 4 rings (SSSR count). The Morgan fingerprint density at radius 3 is 2.56 bits per heavy atom. The second kappa shape index (κ2) is 6.64. The fourth-order valence-corrected chi connectivity index (χ4v) is 3.09. The van der Waals surface area contributed by atoms with Crippen LogP contribution in [0.15, 0.2) is 61.3 Å². The third-order valence-corrected chi connectivity index (χ3v) is 4.37. The molecule has 0 atom stereocenters. The highest BCUT2D eigenvalue weighted by Crippen LogP contribution is 2.41. The van der Waals surface area contributed by atoms with Gasteiger partial charge in [-0.3, -0.25) is 9.79 Å². The van der Waals surface area contributed by atoms with E-state index in [1.807, 2.05) is 31.2 Å². The lowest BCUT2D eigenvalue weighted by Crippen LogP contribution is -2.05. The van der Waals surface area contributed by atoms with E-state index in [9.17, 15) is 4.79 Å². The Bertz CT molecular complexity index is 1230. The molecular weight excluding hydrogens is 346 g/mol. The molecule has 0 bridgehead atoms. The van der Waals surface area contributed by atoms with Crippen molar-refractivity contribution in [1.82, 2.24) is 0 Å². The van der Waals surface area contributed by atoms with E-state index in [4.69, 9.17) is 18.3 Å². The molecule has 27 heavy (non-hydrogen) atoms. The van der Waals surface area contributed by atoms with Gasteiger partial charge in [0.2, 0.25) is 5.75 Å². The number of methoxy groups -OCH3 is 2. The molecule has 0 fully saturated rings. The Morgan fingerprint density at radius 2 is 1.81 bits per heavy atom. The van der Waals surface area contributed by atoms with Crippen molar-refractivity contribution in [1.29, 1.82) is 0 Å². The van der Waals surface area contributed by atoms with E-state index >= 15 is 0 Å². The summed E-state index contributed by atoms with van der Waals surface area (Å²) >= 11 is 0. The fraction of sp³-hybridized carbons (Fsp3) is 0.143. The van der Waals surface area contributed by atoms with Crippen LogP contribution in [0.4, 0.5) is 5.69 Å². The van der Waals surface area contributed by atoms with Crippen molar-refractivity contribution in [2.24, 2.45) is 4.99 Å². The van der Waals surface area contributed by atoms with E-state index in [0.717, 1.165) is 11.3 Å². The second-order valence-corrected chi connectivity index (χ2v) is 5.99. The first-order valence-corrected chi connectivity index (χ1v) is 8.32. The molecule has 136 valence electrons. The molecule has 2 aromatic carbocycles. The molecule has 0 radical (unpaired) electrons. The van der Waals surface area contributed by atoms with Gasteiger partial charge in [0.1, 0.15) is 16.9 Å². The Kier molecular flexibility index (Phi) is 4.16. The Labute approximate surface area is 154 Å². The lowest BCUT2D eigenvalue weighted by atomic mass is 10.1. The van der Waals surface area contributed by atoms with Crippen LogP contribution in [0.3, 0.4) is 0 Å². The second-order valence-electron chi connectivity index (χ2n) is 5.99. The van der Waals surface area contributed by atoms with E-state index in [1.165, 1.54) is 32.8 Å². The van der Waals surface area contributed by atoms with E-state index in [0.29, 0.717) is 33.6 Å². The fourth-order valence-electron chi connectivity index (χ4n) is 3.09. The molecule has 2 heterocycles. The number of benzene rings is 2. The van der Waals surface area contributed by atoms with Gasteiger partial charge in [-0.1, -0.05) is 18.2 Å². The van der Waals surface area contributed by atoms with Crippen molar-refractivity contribution >= 4 is 33.8 Å². The van der Waals surface area contributed by atoms with E-state index in [-0.39, 0.29) is 11.0 Å². The van der Waals surface area contributed by atoms with Gasteiger partial charge in [0.05, 0.1) is 37.8 Å². The van der Waals surface area contributed by atoms with Crippen molar-refractivity contribution in [3.8, 4) is 11.5 Å². The molecule has 2 aromatic heterocycles. The highest BCUT2D eigenvalue weighted by atomic mass is 16.5. The maximum Gasteiger partial charge on any atom is 0.206 e. The summed E-state index contributed by atoms with van der Waals surface area (Å²) in [7, 11) is 3.00. The average Bonchev–Trinajstić information content (AvgIpc) is 3.15. The standard InChI is InChI=1S/C21H17NO5/c1-12-6-4-5-7-15(12)22-11-13-10-16(23)17-18(24-2)14-8-9-26-19(14)21(25-3)20(17)27-13/h4-11H,1-3H3. The smallest absolute Gasteiger partial charge is 0.206 e. The predicted molar refractivity (Wildman–Crippen MR) is 104 cm³/mol. The molecule has 0 N–H and O–H groups in total. The van der Waals surface area contributed by atoms with Gasteiger partial charge in [-0.25, -0.2) is 0 Å². The van der Waals surface area contributed by atoms with Gasteiger partial charge < -0.3 is 18.3 Å². The van der Waals surface area contributed by atoms with Crippen LogP contribution in [-0.2, 0) is 0 Å². The van der Waals surface area contributed by atoms with Crippen LogP contribution in [0.1, 0.15) is 11.3 Å². The number of hydrogen-bond donors (Lipinski definition) is 0. The lowest BCUT2D eigenvalue weighted by molar-refractivity contribution is 0.400. The number of ether oxygens (including phenoxy) is 2. The summed E-state index contributed by atoms with van der Waals surface area (Å²) in [4.78, 5) is 17.2. The molecule has 6 heteroatoms. The van der Waals surface area contributed by atoms with Gasteiger partial charge in [-0.15, -0.1) is 0 Å². The molecule has 0 aliphatic heterocycles. The van der Waals surface area contributed by atoms with Gasteiger partial charge in [0, 0.05) is 6.07 Å². The minimum absolute atomic E-state index is 0.249. The van der Waals surface area contributed by atoms with Gasteiger partial charge in [0.15, 0.2) is 16.6 Å².